The highest BCUT2D eigenvalue weighted by Crippen LogP contribution is 2.22. The zero-order chi connectivity index (χ0) is 17.1. The van der Waals surface area contributed by atoms with Gasteiger partial charge in [-0.05, 0) is 60.6 Å². The number of nitrogens with zero attached hydrogens (tertiary/aromatic N) is 3. The lowest BCUT2D eigenvalue weighted by atomic mass is 9.90. The van der Waals surface area contributed by atoms with E-state index >= 15 is 0 Å². The average molecular weight is 332 g/mol. The fourth-order valence-corrected chi connectivity index (χ4v) is 3.29. The third-order valence-corrected chi connectivity index (χ3v) is 4.55. The molecule has 5 nitrogen and oxygen atoms in total. The molecular weight excluding hydrogens is 312 g/mol. The maximum Gasteiger partial charge on any atom is 0.228 e. The van der Waals surface area contributed by atoms with Crippen LogP contribution in [0.4, 0.5) is 5.69 Å². The third kappa shape index (κ3) is 3.60. The molecule has 1 aliphatic rings. The normalized spacial score (nSPS) is 13.3. The van der Waals surface area contributed by atoms with Crippen LogP contribution in [-0.2, 0) is 24.1 Å². The molecule has 4 rings (SSSR count). The number of carbonyl (C=O) groups is 1. The van der Waals surface area contributed by atoms with Gasteiger partial charge in [-0.1, -0.05) is 18.2 Å². The maximum atomic E-state index is 12.3. The van der Waals surface area contributed by atoms with Gasteiger partial charge in [-0.2, -0.15) is 5.10 Å². The van der Waals surface area contributed by atoms with Crippen molar-refractivity contribution in [3.63, 3.8) is 0 Å². The smallest absolute Gasteiger partial charge is 0.228 e. The zero-order valence-corrected chi connectivity index (χ0v) is 14.0. The second kappa shape index (κ2) is 6.89. The van der Waals surface area contributed by atoms with Gasteiger partial charge < -0.3 is 5.32 Å². The predicted octanol–water partition coefficient (Wildman–Crippen LogP) is 3.33. The summed E-state index contributed by atoms with van der Waals surface area (Å²) in [6, 6.07) is 12.0. The Kier molecular flexibility index (Phi) is 4.29. The molecule has 0 fully saturated rings. The minimum absolute atomic E-state index is 0.0237. The van der Waals surface area contributed by atoms with Crippen LogP contribution >= 0.6 is 0 Å². The summed E-state index contributed by atoms with van der Waals surface area (Å²) < 4.78 is 1.68. The van der Waals surface area contributed by atoms with Crippen molar-refractivity contribution in [3.05, 3.63) is 71.7 Å². The van der Waals surface area contributed by atoms with E-state index in [4.69, 9.17) is 0 Å². The highest BCUT2D eigenvalue weighted by Gasteiger charge is 2.11. The van der Waals surface area contributed by atoms with E-state index in [0.29, 0.717) is 12.1 Å². The highest BCUT2D eigenvalue weighted by atomic mass is 16.1. The minimum Gasteiger partial charge on any atom is -0.324 e. The number of benzene rings is 1. The molecule has 1 aliphatic carbocycles. The number of hydrogen-bond acceptors (Lipinski definition) is 3. The summed E-state index contributed by atoms with van der Waals surface area (Å²) in [5, 5.41) is 7.05. The molecule has 5 heteroatoms. The molecule has 3 aromatic rings. The van der Waals surface area contributed by atoms with E-state index < -0.39 is 0 Å². The van der Waals surface area contributed by atoms with Crippen LogP contribution in [0.25, 0.3) is 5.82 Å². The molecule has 0 aliphatic heterocycles. The summed E-state index contributed by atoms with van der Waals surface area (Å²) in [4.78, 5) is 16.6. The van der Waals surface area contributed by atoms with Gasteiger partial charge in [-0.15, -0.1) is 0 Å². The van der Waals surface area contributed by atoms with Crippen LogP contribution in [0.1, 0.15) is 29.5 Å². The molecule has 0 unspecified atom stereocenters. The van der Waals surface area contributed by atoms with Crippen LogP contribution < -0.4 is 5.32 Å². The maximum absolute atomic E-state index is 12.3. The number of rotatable bonds is 4. The molecule has 126 valence electrons. The lowest BCUT2D eigenvalue weighted by molar-refractivity contribution is -0.115. The molecule has 1 N–H and O–H groups in total. The molecule has 2 aromatic heterocycles. The Morgan fingerprint density at radius 1 is 1.12 bits per heavy atom. The van der Waals surface area contributed by atoms with E-state index in [1.165, 1.54) is 24.0 Å². The Morgan fingerprint density at radius 2 is 2.00 bits per heavy atom. The first-order valence-electron chi connectivity index (χ1n) is 8.64. The Balaban J connectivity index is 1.40. The largest absolute Gasteiger partial charge is 0.324 e. The number of fused-ring (bicyclic) bond motifs is 1. The predicted molar refractivity (Wildman–Crippen MR) is 96.8 cm³/mol. The van der Waals surface area contributed by atoms with Gasteiger partial charge in [-0.25, -0.2) is 9.67 Å². The molecule has 0 atom stereocenters. The van der Waals surface area contributed by atoms with E-state index in [-0.39, 0.29) is 5.91 Å². The standard InChI is InChI=1S/C20H20N4O/c25-20(13-15-6-7-16-4-1-2-5-17(16)12-15)23-18-8-9-19(21-14-18)24-11-3-10-22-24/h3,6-12,14H,1-2,4-5,13H2,(H,23,25). The number of pyridine rings is 1. The number of carbonyl (C=O) groups excluding carboxylic acids is 1. The van der Waals surface area contributed by atoms with Gasteiger partial charge in [-0.3, -0.25) is 4.79 Å². The van der Waals surface area contributed by atoms with Gasteiger partial charge in [0, 0.05) is 12.4 Å². The second-order valence-electron chi connectivity index (χ2n) is 6.39. The molecular formula is C20H20N4O. The van der Waals surface area contributed by atoms with Crippen LogP contribution in [-0.4, -0.2) is 20.7 Å². The summed E-state index contributed by atoms with van der Waals surface area (Å²) in [5.41, 5.74) is 4.61. The number of aromatic nitrogens is 3. The van der Waals surface area contributed by atoms with Gasteiger partial charge in [0.2, 0.25) is 5.91 Å². The van der Waals surface area contributed by atoms with Crippen LogP contribution in [0, 0.1) is 0 Å². The summed E-state index contributed by atoms with van der Waals surface area (Å²) in [6.07, 6.45) is 10.4. The molecule has 2 heterocycles. The number of hydrogen-bond donors (Lipinski definition) is 1. The number of aryl methyl sites for hydroxylation is 2. The van der Waals surface area contributed by atoms with E-state index in [2.05, 4.69) is 33.6 Å². The monoisotopic (exact) mass is 332 g/mol. The summed E-state index contributed by atoms with van der Waals surface area (Å²) >= 11 is 0. The van der Waals surface area contributed by atoms with Crippen LogP contribution in [0.2, 0.25) is 0 Å². The van der Waals surface area contributed by atoms with E-state index in [0.717, 1.165) is 24.2 Å². The Labute approximate surface area is 146 Å². The van der Waals surface area contributed by atoms with Crippen molar-refractivity contribution in [2.45, 2.75) is 32.1 Å². The van der Waals surface area contributed by atoms with E-state index in [9.17, 15) is 4.79 Å². The lowest BCUT2D eigenvalue weighted by Crippen LogP contribution is -2.15. The van der Waals surface area contributed by atoms with Crippen molar-refractivity contribution in [1.29, 1.82) is 0 Å². The number of amides is 1. The van der Waals surface area contributed by atoms with Crippen LogP contribution in [0.3, 0.4) is 0 Å². The van der Waals surface area contributed by atoms with Crippen molar-refractivity contribution in [1.82, 2.24) is 14.8 Å². The van der Waals surface area contributed by atoms with Crippen molar-refractivity contribution >= 4 is 11.6 Å². The van der Waals surface area contributed by atoms with Gasteiger partial charge >= 0.3 is 0 Å². The molecule has 0 saturated carbocycles. The average Bonchev–Trinajstić information content (AvgIpc) is 3.17. The topological polar surface area (TPSA) is 59.8 Å². The van der Waals surface area contributed by atoms with Gasteiger partial charge in [0.15, 0.2) is 5.82 Å². The van der Waals surface area contributed by atoms with Crippen molar-refractivity contribution < 1.29 is 4.79 Å². The summed E-state index contributed by atoms with van der Waals surface area (Å²) in [7, 11) is 0. The van der Waals surface area contributed by atoms with Crippen LogP contribution in [0.5, 0.6) is 0 Å². The van der Waals surface area contributed by atoms with Gasteiger partial charge in [0.05, 0.1) is 18.3 Å². The van der Waals surface area contributed by atoms with Crippen LogP contribution in [0.15, 0.2) is 55.0 Å². The highest BCUT2D eigenvalue weighted by molar-refractivity contribution is 5.92. The quantitative estimate of drug-likeness (QED) is 0.797. The summed E-state index contributed by atoms with van der Waals surface area (Å²) in [6.45, 7) is 0. The number of anilines is 1. The molecule has 0 bridgehead atoms. The number of nitrogens with one attached hydrogen (secondary N) is 1. The summed E-state index contributed by atoms with van der Waals surface area (Å²) in [5.74, 6) is 0.696. The fraction of sp³-hybridized carbons (Fsp3) is 0.250. The first kappa shape index (κ1) is 15.6. The molecule has 0 saturated heterocycles. The van der Waals surface area contributed by atoms with Crippen molar-refractivity contribution in [2.24, 2.45) is 0 Å². The Morgan fingerprint density at radius 3 is 2.76 bits per heavy atom. The van der Waals surface area contributed by atoms with Crippen molar-refractivity contribution in [2.75, 3.05) is 5.32 Å². The van der Waals surface area contributed by atoms with Gasteiger partial charge in [0.1, 0.15) is 0 Å². The first-order valence-corrected chi connectivity index (χ1v) is 8.64. The first-order chi connectivity index (χ1) is 12.3. The lowest BCUT2D eigenvalue weighted by Gasteiger charge is -2.16. The molecule has 1 amide bonds. The SMILES string of the molecule is O=C(Cc1ccc2c(c1)CCCC2)Nc1ccc(-n2cccn2)nc1. The fourth-order valence-electron chi connectivity index (χ4n) is 3.29. The zero-order valence-electron chi connectivity index (χ0n) is 14.0. The van der Waals surface area contributed by atoms with E-state index in [1.54, 1.807) is 17.1 Å². The molecule has 0 spiro atoms. The molecule has 0 radical (unpaired) electrons. The van der Waals surface area contributed by atoms with E-state index in [1.807, 2.05) is 24.4 Å². The minimum atomic E-state index is -0.0237. The van der Waals surface area contributed by atoms with Crippen molar-refractivity contribution in [3.8, 4) is 5.82 Å². The Hall–Kier alpha value is -2.95. The second-order valence-corrected chi connectivity index (χ2v) is 6.39. The molecule has 1 aromatic carbocycles. The third-order valence-electron chi connectivity index (χ3n) is 4.55. The Bertz CT molecular complexity index is 869. The van der Waals surface area contributed by atoms with Gasteiger partial charge in [0.25, 0.3) is 0 Å². The molecule has 25 heavy (non-hydrogen) atoms.